The Morgan fingerprint density at radius 1 is 1.24 bits per heavy atom. The number of hydrogen-bond acceptors (Lipinski definition) is 5. The van der Waals surface area contributed by atoms with Crippen molar-refractivity contribution in [3.8, 4) is 0 Å². The van der Waals surface area contributed by atoms with Crippen LogP contribution in [0.4, 0.5) is 0 Å². The molecule has 7 nitrogen and oxygen atoms in total. The monoisotopic (exact) mass is 453 g/mol. The number of fused-ring (bicyclic) bond motifs is 1. The molecule has 1 fully saturated rings. The molecule has 178 valence electrons. The van der Waals surface area contributed by atoms with Gasteiger partial charge in [0.15, 0.2) is 0 Å². The summed E-state index contributed by atoms with van der Waals surface area (Å²) in [5, 5.41) is 7.95. The molecule has 4 rings (SSSR count). The Balaban J connectivity index is 1.47. The van der Waals surface area contributed by atoms with Crippen molar-refractivity contribution in [3.63, 3.8) is 0 Å². The first-order valence-electron chi connectivity index (χ1n) is 12.1. The largest absolute Gasteiger partial charge is 0.462 e. The summed E-state index contributed by atoms with van der Waals surface area (Å²) >= 11 is 0. The van der Waals surface area contributed by atoms with E-state index in [0.717, 1.165) is 50.2 Å². The second-order valence-electron chi connectivity index (χ2n) is 9.52. The van der Waals surface area contributed by atoms with Crippen LogP contribution in [-0.2, 0) is 35.3 Å². The lowest BCUT2D eigenvalue weighted by molar-refractivity contribution is 0.0160. The molecule has 0 saturated carbocycles. The van der Waals surface area contributed by atoms with Crippen LogP contribution >= 0.6 is 0 Å². The first-order valence-corrected chi connectivity index (χ1v) is 12.1. The zero-order valence-corrected chi connectivity index (χ0v) is 20.0. The van der Waals surface area contributed by atoms with Gasteiger partial charge in [-0.1, -0.05) is 26.0 Å². The quantitative estimate of drug-likeness (QED) is 0.648. The summed E-state index contributed by atoms with van der Waals surface area (Å²) in [6.07, 6.45) is 4.31. The van der Waals surface area contributed by atoms with Gasteiger partial charge in [0, 0.05) is 31.9 Å². The minimum atomic E-state index is -0.303. The molecule has 0 aliphatic carbocycles. The molecule has 1 N–H and O–H groups in total. The number of hydrogen-bond donors (Lipinski definition) is 1. The first-order chi connectivity index (χ1) is 15.9. The summed E-state index contributed by atoms with van der Waals surface area (Å²) < 4.78 is 13.0. The van der Waals surface area contributed by atoms with Gasteiger partial charge in [0.05, 0.1) is 17.9 Å². The summed E-state index contributed by atoms with van der Waals surface area (Å²) in [5.41, 5.74) is 4.49. The van der Waals surface area contributed by atoms with Gasteiger partial charge in [0.1, 0.15) is 5.69 Å². The molecule has 1 atom stereocenters. The Kier molecular flexibility index (Phi) is 7.17. The summed E-state index contributed by atoms with van der Waals surface area (Å²) in [7, 11) is 0. The normalized spacial score (nSPS) is 18.3. The number of nitrogens with one attached hydrogen (secondary N) is 1. The Morgan fingerprint density at radius 2 is 1.97 bits per heavy atom. The van der Waals surface area contributed by atoms with Gasteiger partial charge in [-0.2, -0.15) is 5.10 Å². The molecule has 0 unspecified atom stereocenters. The third kappa shape index (κ3) is 5.13. The van der Waals surface area contributed by atoms with Crippen LogP contribution in [-0.4, -0.2) is 48.0 Å². The van der Waals surface area contributed by atoms with Crippen molar-refractivity contribution < 1.29 is 19.1 Å². The molecule has 7 heteroatoms. The summed E-state index contributed by atoms with van der Waals surface area (Å²) in [4.78, 5) is 25.4. The first kappa shape index (κ1) is 23.5. The maximum absolute atomic E-state index is 13.0. The lowest BCUT2D eigenvalue weighted by atomic mass is 9.75. The van der Waals surface area contributed by atoms with Crippen molar-refractivity contribution >= 4 is 11.9 Å². The Bertz CT molecular complexity index is 990. The molecule has 1 aromatic heterocycles. The molecule has 1 amide bonds. The number of ether oxygens (including phenoxy) is 2. The van der Waals surface area contributed by atoms with Crippen LogP contribution in [0, 0.1) is 11.3 Å². The van der Waals surface area contributed by atoms with Crippen LogP contribution in [0.3, 0.4) is 0 Å². The molecule has 1 saturated heterocycles. The predicted octanol–water partition coefficient (Wildman–Crippen LogP) is 3.58. The van der Waals surface area contributed by atoms with Crippen molar-refractivity contribution in [1.29, 1.82) is 0 Å². The fourth-order valence-electron chi connectivity index (χ4n) is 4.90. The molecule has 2 aromatic rings. The van der Waals surface area contributed by atoms with E-state index in [0.29, 0.717) is 37.4 Å². The number of carbonyl (C=O) groups excluding carboxylic acids is 2. The second-order valence-corrected chi connectivity index (χ2v) is 9.52. The second kappa shape index (κ2) is 10.1. The van der Waals surface area contributed by atoms with Crippen molar-refractivity contribution in [2.45, 2.75) is 59.4 Å². The molecule has 2 aliphatic heterocycles. The average molecular weight is 454 g/mol. The van der Waals surface area contributed by atoms with Crippen molar-refractivity contribution in [1.82, 2.24) is 15.1 Å². The highest BCUT2D eigenvalue weighted by Crippen LogP contribution is 2.38. The van der Waals surface area contributed by atoms with Gasteiger partial charge in [0.2, 0.25) is 0 Å². The van der Waals surface area contributed by atoms with E-state index < -0.39 is 0 Å². The van der Waals surface area contributed by atoms with E-state index in [-0.39, 0.29) is 23.2 Å². The number of carbonyl (C=O) groups is 2. The lowest BCUT2D eigenvalue weighted by Gasteiger charge is -2.36. The Hall–Kier alpha value is -2.67. The van der Waals surface area contributed by atoms with E-state index >= 15 is 0 Å². The van der Waals surface area contributed by atoms with Gasteiger partial charge >= 0.3 is 5.97 Å². The highest BCUT2D eigenvalue weighted by atomic mass is 16.5. The number of aryl methyl sites for hydroxylation is 2. The number of rotatable bonds is 7. The topological polar surface area (TPSA) is 82.4 Å². The summed E-state index contributed by atoms with van der Waals surface area (Å²) in [6, 6.07) is 7.56. The van der Waals surface area contributed by atoms with Gasteiger partial charge in [-0.05, 0) is 68.1 Å². The Morgan fingerprint density at radius 3 is 2.64 bits per heavy atom. The van der Waals surface area contributed by atoms with Crippen LogP contribution in [0.15, 0.2) is 24.3 Å². The lowest BCUT2D eigenvalue weighted by Crippen LogP contribution is -2.40. The molecule has 0 radical (unpaired) electrons. The SMILES string of the molecule is CCc1ccc(C(=O)OC[C@H](C)Cc2nn(CC)c3c2CC2(CCOCC2)CNC3=O)cc1. The van der Waals surface area contributed by atoms with E-state index in [9.17, 15) is 9.59 Å². The minimum Gasteiger partial charge on any atom is -0.462 e. The maximum Gasteiger partial charge on any atom is 0.338 e. The maximum atomic E-state index is 13.0. The molecule has 3 heterocycles. The van der Waals surface area contributed by atoms with Gasteiger partial charge in [-0.3, -0.25) is 9.48 Å². The third-order valence-corrected chi connectivity index (χ3v) is 7.02. The van der Waals surface area contributed by atoms with Crippen molar-refractivity contribution in [2.24, 2.45) is 11.3 Å². The van der Waals surface area contributed by atoms with Crippen LogP contribution in [0.25, 0.3) is 0 Å². The van der Waals surface area contributed by atoms with Gasteiger partial charge in [0.25, 0.3) is 5.91 Å². The number of aromatic nitrogens is 2. The zero-order valence-electron chi connectivity index (χ0n) is 20.0. The molecule has 0 bridgehead atoms. The fourth-order valence-corrected chi connectivity index (χ4v) is 4.90. The number of amides is 1. The summed E-state index contributed by atoms with van der Waals surface area (Å²) in [5.74, 6) is -0.253. The van der Waals surface area contributed by atoms with Gasteiger partial charge in [-0.15, -0.1) is 0 Å². The third-order valence-electron chi connectivity index (χ3n) is 7.02. The number of esters is 1. The van der Waals surface area contributed by atoms with E-state index in [4.69, 9.17) is 14.6 Å². The van der Waals surface area contributed by atoms with E-state index in [1.807, 2.05) is 35.9 Å². The highest BCUT2D eigenvalue weighted by molar-refractivity contribution is 5.94. The van der Waals surface area contributed by atoms with Gasteiger partial charge < -0.3 is 14.8 Å². The van der Waals surface area contributed by atoms with Crippen LogP contribution in [0.2, 0.25) is 0 Å². The van der Waals surface area contributed by atoms with E-state index in [1.54, 1.807) is 0 Å². The number of benzene rings is 1. The Labute approximate surface area is 195 Å². The molecular formula is C26H35N3O4. The molecule has 1 aromatic carbocycles. The summed E-state index contributed by atoms with van der Waals surface area (Å²) in [6.45, 7) is 9.25. The fraction of sp³-hybridized carbons (Fsp3) is 0.577. The average Bonchev–Trinajstić information content (AvgIpc) is 3.11. The number of nitrogens with zero attached hydrogens (tertiary/aromatic N) is 2. The van der Waals surface area contributed by atoms with E-state index in [1.165, 1.54) is 5.56 Å². The van der Waals surface area contributed by atoms with Crippen LogP contribution in [0.5, 0.6) is 0 Å². The smallest absolute Gasteiger partial charge is 0.338 e. The van der Waals surface area contributed by atoms with Crippen molar-refractivity contribution in [2.75, 3.05) is 26.4 Å². The molecule has 2 aliphatic rings. The van der Waals surface area contributed by atoms with Crippen LogP contribution < -0.4 is 5.32 Å². The zero-order chi connectivity index (χ0) is 23.4. The highest BCUT2D eigenvalue weighted by Gasteiger charge is 2.39. The minimum absolute atomic E-state index is 0.0237. The molecular weight excluding hydrogens is 418 g/mol. The van der Waals surface area contributed by atoms with Crippen molar-refractivity contribution in [3.05, 3.63) is 52.3 Å². The molecule has 33 heavy (non-hydrogen) atoms. The van der Waals surface area contributed by atoms with Crippen LogP contribution in [0.1, 0.15) is 71.3 Å². The van der Waals surface area contributed by atoms with Gasteiger partial charge in [-0.25, -0.2) is 4.79 Å². The standard InChI is InChI=1S/C26H35N3O4/c1-4-19-6-8-20(9-7-19)25(31)33-16-18(3)14-22-21-15-26(10-12-32-13-11-26)17-27-24(30)23(21)29(5-2)28-22/h6-9,18H,4-5,10-17H2,1-3H3,(H,27,30)/t18-/m1/s1. The predicted molar refractivity (Wildman–Crippen MR) is 125 cm³/mol. The molecule has 1 spiro atoms. The van der Waals surface area contributed by atoms with E-state index in [2.05, 4.69) is 19.2 Å².